The van der Waals surface area contributed by atoms with E-state index < -0.39 is 0 Å². The second-order valence-corrected chi connectivity index (χ2v) is 7.78. The Morgan fingerprint density at radius 2 is 1.86 bits per heavy atom. The summed E-state index contributed by atoms with van der Waals surface area (Å²) in [5.41, 5.74) is 3.26. The summed E-state index contributed by atoms with van der Waals surface area (Å²) in [6, 6.07) is 15.5. The van der Waals surface area contributed by atoms with Crippen molar-refractivity contribution in [3.05, 3.63) is 65.5 Å². The summed E-state index contributed by atoms with van der Waals surface area (Å²) in [6.45, 7) is 8.21. The van der Waals surface area contributed by atoms with Crippen molar-refractivity contribution in [3.63, 3.8) is 0 Å². The van der Waals surface area contributed by atoms with Crippen LogP contribution in [0.3, 0.4) is 0 Å². The van der Waals surface area contributed by atoms with Crippen LogP contribution in [-0.4, -0.2) is 18.0 Å². The molecule has 5 heteroatoms. The van der Waals surface area contributed by atoms with Crippen molar-refractivity contribution in [2.45, 2.75) is 39.5 Å². The molecule has 1 N–H and O–H groups in total. The van der Waals surface area contributed by atoms with Gasteiger partial charge < -0.3 is 14.5 Å². The fourth-order valence-electron chi connectivity index (χ4n) is 2.91. The highest BCUT2D eigenvalue weighted by molar-refractivity contribution is 5.93. The predicted octanol–water partition coefficient (Wildman–Crippen LogP) is 5.14. The Morgan fingerprint density at radius 3 is 2.50 bits per heavy atom. The molecule has 146 valence electrons. The van der Waals surface area contributed by atoms with Gasteiger partial charge in [0.15, 0.2) is 0 Å². The zero-order valence-electron chi connectivity index (χ0n) is 17.0. The highest BCUT2D eigenvalue weighted by Gasteiger charge is 2.19. The fraction of sp³-hybridized carbons (Fsp3) is 0.304. The molecule has 5 nitrogen and oxygen atoms in total. The SMILES string of the molecule is COc1ccc(C(C)(C)C)cc1NC(=O)Cc1nc(-c2ccccc2)oc1C. The second-order valence-electron chi connectivity index (χ2n) is 7.78. The summed E-state index contributed by atoms with van der Waals surface area (Å²) < 4.78 is 11.1. The number of oxazole rings is 1. The number of hydrogen-bond donors (Lipinski definition) is 1. The molecule has 3 rings (SSSR count). The van der Waals surface area contributed by atoms with E-state index in [0.29, 0.717) is 28.8 Å². The molecule has 3 aromatic rings. The molecular weight excluding hydrogens is 352 g/mol. The van der Waals surface area contributed by atoms with Crippen LogP contribution in [0.4, 0.5) is 5.69 Å². The number of carbonyl (C=O) groups is 1. The number of hydrogen-bond acceptors (Lipinski definition) is 4. The summed E-state index contributed by atoms with van der Waals surface area (Å²) in [5.74, 6) is 1.63. The average Bonchev–Trinajstić information content (AvgIpc) is 3.02. The topological polar surface area (TPSA) is 64.4 Å². The summed E-state index contributed by atoms with van der Waals surface area (Å²) in [5, 5.41) is 2.95. The first kappa shape index (κ1) is 19.7. The van der Waals surface area contributed by atoms with Crippen molar-refractivity contribution in [2.24, 2.45) is 0 Å². The van der Waals surface area contributed by atoms with Gasteiger partial charge in [-0.15, -0.1) is 0 Å². The predicted molar refractivity (Wildman–Crippen MR) is 111 cm³/mol. The van der Waals surface area contributed by atoms with E-state index in [1.54, 1.807) is 7.11 Å². The number of nitrogens with one attached hydrogen (secondary N) is 1. The van der Waals surface area contributed by atoms with Crippen LogP contribution in [0.15, 0.2) is 52.9 Å². The van der Waals surface area contributed by atoms with Gasteiger partial charge >= 0.3 is 0 Å². The third-order valence-electron chi connectivity index (χ3n) is 4.58. The highest BCUT2D eigenvalue weighted by atomic mass is 16.5. The molecule has 0 aliphatic carbocycles. The van der Waals surface area contributed by atoms with E-state index >= 15 is 0 Å². The van der Waals surface area contributed by atoms with E-state index in [1.165, 1.54) is 0 Å². The molecule has 0 radical (unpaired) electrons. The van der Waals surface area contributed by atoms with Gasteiger partial charge in [0.1, 0.15) is 11.5 Å². The first-order valence-corrected chi connectivity index (χ1v) is 9.28. The first-order valence-electron chi connectivity index (χ1n) is 9.28. The molecule has 1 aromatic heterocycles. The van der Waals surface area contributed by atoms with Gasteiger partial charge in [-0.1, -0.05) is 45.0 Å². The molecule has 0 fully saturated rings. The minimum atomic E-state index is -0.166. The molecule has 0 bridgehead atoms. The maximum absolute atomic E-state index is 12.7. The van der Waals surface area contributed by atoms with Gasteiger partial charge in [0.25, 0.3) is 0 Å². The van der Waals surface area contributed by atoms with Crippen molar-refractivity contribution in [3.8, 4) is 17.2 Å². The van der Waals surface area contributed by atoms with Gasteiger partial charge in [0.2, 0.25) is 11.8 Å². The van der Waals surface area contributed by atoms with Crippen LogP contribution in [-0.2, 0) is 16.6 Å². The van der Waals surface area contributed by atoms with Crippen LogP contribution in [0, 0.1) is 6.92 Å². The molecule has 0 unspecified atom stereocenters. The van der Waals surface area contributed by atoms with E-state index in [-0.39, 0.29) is 17.7 Å². The number of benzene rings is 2. The number of carbonyl (C=O) groups excluding carboxylic acids is 1. The number of nitrogens with zero attached hydrogens (tertiary/aromatic N) is 1. The number of ether oxygens (including phenoxy) is 1. The molecule has 0 aliphatic rings. The third kappa shape index (κ3) is 4.42. The van der Waals surface area contributed by atoms with Crippen LogP contribution in [0.2, 0.25) is 0 Å². The lowest BCUT2D eigenvalue weighted by Gasteiger charge is -2.21. The van der Waals surface area contributed by atoms with Crippen molar-refractivity contribution < 1.29 is 13.9 Å². The van der Waals surface area contributed by atoms with E-state index in [4.69, 9.17) is 9.15 Å². The molecule has 0 saturated carbocycles. The number of aryl methyl sites for hydroxylation is 1. The molecule has 1 heterocycles. The molecule has 0 saturated heterocycles. The van der Waals surface area contributed by atoms with Crippen LogP contribution < -0.4 is 10.1 Å². The molecular formula is C23H26N2O3. The van der Waals surface area contributed by atoms with Crippen LogP contribution in [0.1, 0.15) is 37.8 Å². The smallest absolute Gasteiger partial charge is 0.230 e. The van der Waals surface area contributed by atoms with E-state index in [1.807, 2.05) is 55.5 Å². The minimum absolute atomic E-state index is 0.0287. The lowest BCUT2D eigenvalue weighted by Crippen LogP contribution is -2.17. The molecule has 0 atom stereocenters. The van der Waals surface area contributed by atoms with E-state index in [0.717, 1.165) is 11.1 Å². The average molecular weight is 378 g/mol. The number of aromatic nitrogens is 1. The number of amides is 1. The third-order valence-corrected chi connectivity index (χ3v) is 4.58. The van der Waals surface area contributed by atoms with E-state index in [2.05, 4.69) is 31.1 Å². The first-order chi connectivity index (χ1) is 13.3. The Labute approximate surface area is 165 Å². The molecule has 1 amide bonds. The van der Waals surface area contributed by atoms with Crippen molar-refractivity contribution in [1.29, 1.82) is 0 Å². The van der Waals surface area contributed by atoms with Crippen molar-refractivity contribution >= 4 is 11.6 Å². The van der Waals surface area contributed by atoms with Crippen LogP contribution in [0.25, 0.3) is 11.5 Å². The Hall–Kier alpha value is -3.08. The Balaban J connectivity index is 1.79. The summed E-state index contributed by atoms with van der Waals surface area (Å²) >= 11 is 0. The second kappa shape index (κ2) is 7.89. The van der Waals surface area contributed by atoms with Crippen molar-refractivity contribution in [2.75, 3.05) is 12.4 Å². The Bertz CT molecular complexity index is 969. The van der Waals surface area contributed by atoms with Crippen molar-refractivity contribution in [1.82, 2.24) is 4.98 Å². The monoisotopic (exact) mass is 378 g/mol. The summed E-state index contributed by atoms with van der Waals surface area (Å²) in [7, 11) is 1.59. The number of anilines is 1. The van der Waals surface area contributed by atoms with E-state index in [9.17, 15) is 4.79 Å². The normalized spacial score (nSPS) is 11.3. The minimum Gasteiger partial charge on any atom is -0.495 e. The van der Waals surface area contributed by atoms with Gasteiger partial charge in [0, 0.05) is 5.56 Å². The molecule has 0 aliphatic heterocycles. The Morgan fingerprint density at radius 1 is 1.14 bits per heavy atom. The summed E-state index contributed by atoms with van der Waals surface area (Å²) in [4.78, 5) is 17.2. The fourth-order valence-corrected chi connectivity index (χ4v) is 2.91. The van der Waals surface area contributed by atoms with Gasteiger partial charge in [0.05, 0.1) is 24.9 Å². The molecule has 0 spiro atoms. The lowest BCUT2D eigenvalue weighted by molar-refractivity contribution is -0.115. The standard InChI is InChI=1S/C23H26N2O3/c1-15-18(25-22(28-15)16-9-7-6-8-10-16)14-21(26)24-19-13-17(23(2,3)4)11-12-20(19)27-5/h6-13H,14H2,1-5H3,(H,24,26). The summed E-state index contributed by atoms with van der Waals surface area (Å²) in [6.07, 6.45) is 0.130. The van der Waals surface area contributed by atoms with Gasteiger partial charge in [-0.25, -0.2) is 4.98 Å². The lowest BCUT2D eigenvalue weighted by atomic mass is 9.87. The quantitative estimate of drug-likeness (QED) is 0.668. The maximum Gasteiger partial charge on any atom is 0.230 e. The van der Waals surface area contributed by atoms with Gasteiger partial charge in [-0.05, 0) is 42.2 Å². The van der Waals surface area contributed by atoms with Gasteiger partial charge in [-0.2, -0.15) is 0 Å². The highest BCUT2D eigenvalue weighted by Crippen LogP contribution is 2.31. The van der Waals surface area contributed by atoms with Gasteiger partial charge in [-0.3, -0.25) is 4.79 Å². The Kier molecular flexibility index (Phi) is 5.54. The number of methoxy groups -OCH3 is 1. The zero-order valence-corrected chi connectivity index (χ0v) is 17.0. The molecule has 2 aromatic carbocycles. The van der Waals surface area contributed by atoms with Crippen LogP contribution >= 0.6 is 0 Å². The number of rotatable bonds is 5. The molecule has 28 heavy (non-hydrogen) atoms. The largest absolute Gasteiger partial charge is 0.495 e. The zero-order chi connectivity index (χ0) is 20.3. The maximum atomic E-state index is 12.7. The van der Waals surface area contributed by atoms with Crippen LogP contribution in [0.5, 0.6) is 5.75 Å².